The molecule has 2 amide bonds. The molecule has 0 aliphatic heterocycles. The van der Waals surface area contributed by atoms with E-state index >= 15 is 0 Å². The molecule has 0 unspecified atom stereocenters. The van der Waals surface area contributed by atoms with Gasteiger partial charge in [0.25, 0.3) is 11.8 Å². The number of esters is 1. The number of rotatable bonds is 7. The van der Waals surface area contributed by atoms with Gasteiger partial charge in [0.2, 0.25) is 0 Å². The number of carbonyl (C=O) groups excluding carboxylic acids is 3. The van der Waals surface area contributed by atoms with Crippen molar-refractivity contribution in [3.05, 3.63) is 35.4 Å². The molecule has 0 radical (unpaired) electrons. The molecule has 1 fully saturated rings. The first-order valence-electron chi connectivity index (χ1n) is 9.59. The van der Waals surface area contributed by atoms with E-state index in [9.17, 15) is 14.4 Å². The van der Waals surface area contributed by atoms with Crippen LogP contribution in [-0.4, -0.2) is 37.0 Å². The summed E-state index contributed by atoms with van der Waals surface area (Å²) < 4.78 is 4.95. The molecule has 0 atom stereocenters. The second kappa shape index (κ2) is 9.53. The van der Waals surface area contributed by atoms with Gasteiger partial charge >= 0.3 is 5.97 Å². The fourth-order valence-electron chi connectivity index (χ4n) is 3.06. The van der Waals surface area contributed by atoms with E-state index in [0.29, 0.717) is 5.56 Å². The smallest absolute Gasteiger partial charge is 0.308 e. The Morgan fingerprint density at radius 1 is 1.07 bits per heavy atom. The molecule has 1 saturated carbocycles. The monoisotopic (exact) mass is 374 g/mol. The number of hydrogen-bond donors (Lipinski definition) is 2. The zero-order valence-electron chi connectivity index (χ0n) is 16.5. The minimum Gasteiger partial charge on any atom is -0.456 e. The third-order valence-electron chi connectivity index (χ3n) is 4.71. The van der Waals surface area contributed by atoms with E-state index in [1.54, 1.807) is 12.1 Å². The highest BCUT2D eigenvalue weighted by Gasteiger charge is 2.18. The molecular weight excluding hydrogens is 344 g/mol. The molecular formula is C21H30N2O4. The van der Waals surface area contributed by atoms with Crippen molar-refractivity contribution in [2.45, 2.75) is 64.3 Å². The Morgan fingerprint density at radius 3 is 2.30 bits per heavy atom. The van der Waals surface area contributed by atoms with Crippen molar-refractivity contribution in [2.24, 2.45) is 0 Å². The Bertz CT molecular complexity index is 656. The molecule has 0 bridgehead atoms. The first-order valence-corrected chi connectivity index (χ1v) is 9.59. The number of carbonyl (C=O) groups is 3. The molecule has 0 aromatic heterocycles. The number of benzene rings is 1. The topological polar surface area (TPSA) is 84.5 Å². The summed E-state index contributed by atoms with van der Waals surface area (Å²) in [5.74, 6) is -1.000. The Kier molecular flexibility index (Phi) is 7.39. The molecule has 1 aromatic carbocycles. The maximum Gasteiger partial charge on any atom is 0.308 e. The molecule has 1 aromatic rings. The summed E-state index contributed by atoms with van der Waals surface area (Å²) in [6.07, 6.45) is 4.26. The van der Waals surface area contributed by atoms with E-state index in [1.807, 2.05) is 12.1 Å². The summed E-state index contributed by atoms with van der Waals surface area (Å²) in [7, 11) is 0. The van der Waals surface area contributed by atoms with Crippen molar-refractivity contribution < 1.29 is 19.1 Å². The van der Waals surface area contributed by atoms with Crippen molar-refractivity contribution in [1.29, 1.82) is 0 Å². The summed E-state index contributed by atoms with van der Waals surface area (Å²) in [6.45, 7) is 6.24. The van der Waals surface area contributed by atoms with Crippen LogP contribution in [0.1, 0.15) is 68.8 Å². The molecule has 2 N–H and O–H groups in total. The molecule has 0 saturated heterocycles. The van der Waals surface area contributed by atoms with Crippen LogP contribution in [0, 0.1) is 0 Å². The van der Waals surface area contributed by atoms with Gasteiger partial charge in [-0.25, -0.2) is 0 Å². The third-order valence-corrected chi connectivity index (χ3v) is 4.71. The van der Waals surface area contributed by atoms with Gasteiger partial charge in [-0.15, -0.1) is 0 Å². The second-order valence-electron chi connectivity index (χ2n) is 8.04. The van der Waals surface area contributed by atoms with Crippen LogP contribution in [0.5, 0.6) is 0 Å². The normalized spacial score (nSPS) is 14.6. The van der Waals surface area contributed by atoms with Crippen molar-refractivity contribution in [3.63, 3.8) is 0 Å². The lowest BCUT2D eigenvalue weighted by Gasteiger charge is -2.19. The molecule has 0 spiro atoms. The lowest BCUT2D eigenvalue weighted by molar-refractivity contribution is -0.148. The van der Waals surface area contributed by atoms with Crippen LogP contribution in [0.15, 0.2) is 24.3 Å². The van der Waals surface area contributed by atoms with E-state index in [2.05, 4.69) is 31.4 Å². The van der Waals surface area contributed by atoms with Gasteiger partial charge < -0.3 is 15.4 Å². The van der Waals surface area contributed by atoms with Gasteiger partial charge in [-0.05, 0) is 36.0 Å². The quantitative estimate of drug-likeness (QED) is 0.719. The van der Waals surface area contributed by atoms with Crippen molar-refractivity contribution in [3.8, 4) is 0 Å². The molecule has 1 aliphatic carbocycles. The molecule has 2 rings (SSSR count). The van der Waals surface area contributed by atoms with Crippen LogP contribution in [0.4, 0.5) is 0 Å². The van der Waals surface area contributed by atoms with Crippen molar-refractivity contribution in [2.75, 3.05) is 13.2 Å². The zero-order valence-corrected chi connectivity index (χ0v) is 16.5. The average Bonchev–Trinajstić information content (AvgIpc) is 3.12. The molecule has 0 heterocycles. The van der Waals surface area contributed by atoms with E-state index < -0.39 is 5.97 Å². The summed E-state index contributed by atoms with van der Waals surface area (Å²) in [5, 5.41) is 5.55. The fourth-order valence-corrected chi connectivity index (χ4v) is 3.06. The Balaban J connectivity index is 1.65. The van der Waals surface area contributed by atoms with Gasteiger partial charge in [-0.3, -0.25) is 14.4 Å². The van der Waals surface area contributed by atoms with Crippen LogP contribution in [0.25, 0.3) is 0 Å². The molecule has 1 aliphatic rings. The highest BCUT2D eigenvalue weighted by Crippen LogP contribution is 2.22. The standard InChI is InChI=1S/C21H30N2O4/c1-21(2,3)16-10-8-15(9-11-16)20(26)22-13-12-19(25)27-14-18(24)23-17-6-4-5-7-17/h8-11,17H,4-7,12-14H2,1-3H3,(H,22,26)(H,23,24). The van der Waals surface area contributed by atoms with Gasteiger partial charge in [0.05, 0.1) is 6.42 Å². The summed E-state index contributed by atoms with van der Waals surface area (Å²) in [5.41, 5.74) is 1.73. The van der Waals surface area contributed by atoms with Crippen LogP contribution < -0.4 is 10.6 Å². The van der Waals surface area contributed by atoms with Gasteiger partial charge in [0, 0.05) is 18.2 Å². The van der Waals surface area contributed by atoms with Crippen LogP contribution in [-0.2, 0) is 19.7 Å². The highest BCUT2D eigenvalue weighted by atomic mass is 16.5. The summed E-state index contributed by atoms with van der Waals surface area (Å²) in [6, 6.07) is 7.64. The molecule has 6 heteroatoms. The number of amides is 2. The first kappa shape index (κ1) is 20.9. The largest absolute Gasteiger partial charge is 0.456 e. The number of ether oxygens (including phenoxy) is 1. The van der Waals surface area contributed by atoms with Crippen LogP contribution >= 0.6 is 0 Å². The number of nitrogens with one attached hydrogen (secondary N) is 2. The van der Waals surface area contributed by atoms with E-state index in [0.717, 1.165) is 31.2 Å². The van der Waals surface area contributed by atoms with E-state index in [4.69, 9.17) is 4.74 Å². The van der Waals surface area contributed by atoms with Crippen molar-refractivity contribution in [1.82, 2.24) is 10.6 Å². The Hall–Kier alpha value is -2.37. The predicted octanol–water partition coefficient (Wildman–Crippen LogP) is 2.71. The molecule has 27 heavy (non-hydrogen) atoms. The SMILES string of the molecule is CC(C)(C)c1ccc(C(=O)NCCC(=O)OCC(=O)NC2CCCC2)cc1. The average molecular weight is 374 g/mol. The van der Waals surface area contributed by atoms with Crippen LogP contribution in [0.2, 0.25) is 0 Å². The van der Waals surface area contributed by atoms with Gasteiger partial charge in [-0.1, -0.05) is 45.7 Å². The fraction of sp³-hybridized carbons (Fsp3) is 0.571. The first-order chi connectivity index (χ1) is 12.8. The molecule has 6 nitrogen and oxygen atoms in total. The van der Waals surface area contributed by atoms with Crippen molar-refractivity contribution >= 4 is 17.8 Å². The lowest BCUT2D eigenvalue weighted by Crippen LogP contribution is -2.36. The lowest BCUT2D eigenvalue weighted by atomic mass is 9.87. The summed E-state index contributed by atoms with van der Waals surface area (Å²) in [4.78, 5) is 35.5. The van der Waals surface area contributed by atoms with Crippen LogP contribution in [0.3, 0.4) is 0 Å². The molecule has 148 valence electrons. The number of hydrogen-bond acceptors (Lipinski definition) is 4. The minimum absolute atomic E-state index is 0.0303. The maximum atomic E-state index is 12.1. The zero-order chi connectivity index (χ0) is 19.9. The predicted molar refractivity (Wildman–Crippen MR) is 103 cm³/mol. The third kappa shape index (κ3) is 7.04. The minimum atomic E-state index is -0.500. The van der Waals surface area contributed by atoms with Gasteiger partial charge in [0.15, 0.2) is 6.61 Å². The van der Waals surface area contributed by atoms with E-state index in [1.165, 1.54) is 0 Å². The maximum absolute atomic E-state index is 12.1. The Labute approximate surface area is 161 Å². The highest BCUT2D eigenvalue weighted by molar-refractivity contribution is 5.94. The van der Waals surface area contributed by atoms with E-state index in [-0.39, 0.29) is 42.8 Å². The summed E-state index contributed by atoms with van der Waals surface area (Å²) >= 11 is 0. The van der Waals surface area contributed by atoms with Gasteiger partial charge in [0.1, 0.15) is 0 Å². The second-order valence-corrected chi connectivity index (χ2v) is 8.04. The Morgan fingerprint density at radius 2 is 1.70 bits per heavy atom. The van der Waals surface area contributed by atoms with Gasteiger partial charge in [-0.2, -0.15) is 0 Å².